The Bertz CT molecular complexity index is 1850. The van der Waals surface area contributed by atoms with Crippen LogP contribution in [0, 0.1) is 0 Å². The van der Waals surface area contributed by atoms with Crippen molar-refractivity contribution in [1.82, 2.24) is 9.80 Å². The van der Waals surface area contributed by atoms with Gasteiger partial charge < -0.3 is 28.4 Å². The van der Waals surface area contributed by atoms with Crippen molar-refractivity contribution in [3.63, 3.8) is 0 Å². The van der Waals surface area contributed by atoms with Crippen LogP contribution in [0.4, 0.5) is 0 Å². The van der Waals surface area contributed by atoms with Gasteiger partial charge in [-0.15, -0.1) is 0 Å². The number of nitrogens with zero attached hydrogens (tertiary/aromatic N) is 2. The first-order valence-corrected chi connectivity index (χ1v) is 16.0. The molecule has 0 radical (unpaired) electrons. The van der Waals surface area contributed by atoms with Gasteiger partial charge in [0.1, 0.15) is 12.4 Å². The standard InChI is InChI=1S/C37H36N2O7/c1-38-10-8-23-16-29-30-18-26(23)27(38)12-21-4-6-25(7-5-21)45-32-15-22(14-31-35(32)44-20-43-31)13-28-34-24(9-11-39(28)2)17-33(41-3)36(40)37(34,46-30)19-42-29/h4-7,14-18,27-28H,8-13,19-20H2,1-3H3/t27-,28+,37+/m0/s1. The van der Waals surface area contributed by atoms with E-state index < -0.39 is 5.60 Å². The highest BCUT2D eigenvalue weighted by Gasteiger charge is 2.56. The molecule has 3 atom stereocenters. The molecule has 0 fully saturated rings. The van der Waals surface area contributed by atoms with Crippen LogP contribution >= 0.6 is 0 Å². The number of carbonyl (C=O) groups is 1. The smallest absolute Gasteiger partial charge is 0.248 e. The molecule has 9 heteroatoms. The van der Waals surface area contributed by atoms with Gasteiger partial charge in [0.15, 0.2) is 28.8 Å². The summed E-state index contributed by atoms with van der Waals surface area (Å²) in [5, 5.41) is 0. The number of allylic oxidation sites excluding steroid dienone is 1. The molecule has 0 N–H and O–H groups in total. The van der Waals surface area contributed by atoms with E-state index in [4.69, 9.17) is 28.4 Å². The molecule has 0 saturated heterocycles. The molecule has 0 saturated carbocycles. The number of Topliss-reactive ketones (excluding diaryl/α,β-unsaturated/α-hetero) is 1. The zero-order chi connectivity index (χ0) is 31.2. The molecule has 9 nitrogen and oxygen atoms in total. The van der Waals surface area contributed by atoms with Crippen LogP contribution in [-0.4, -0.2) is 74.9 Å². The molecule has 0 unspecified atom stereocenters. The van der Waals surface area contributed by atoms with Gasteiger partial charge in [-0.2, -0.15) is 0 Å². The van der Waals surface area contributed by atoms with Gasteiger partial charge in [-0.3, -0.25) is 14.6 Å². The van der Waals surface area contributed by atoms with Gasteiger partial charge in [0.05, 0.1) is 7.11 Å². The van der Waals surface area contributed by atoms with Crippen LogP contribution in [0.25, 0.3) is 0 Å². The predicted molar refractivity (Wildman–Crippen MR) is 169 cm³/mol. The summed E-state index contributed by atoms with van der Waals surface area (Å²) in [6, 6.07) is 16.6. The third-order valence-electron chi connectivity index (χ3n) is 10.5. The molecular formula is C37H36N2O7. The molecule has 46 heavy (non-hydrogen) atoms. The van der Waals surface area contributed by atoms with E-state index in [-0.39, 0.29) is 31.3 Å². The van der Waals surface area contributed by atoms with Crippen molar-refractivity contribution in [2.24, 2.45) is 0 Å². The lowest BCUT2D eigenvalue weighted by molar-refractivity contribution is -0.136. The van der Waals surface area contributed by atoms with Crippen molar-refractivity contribution in [3.8, 4) is 34.5 Å². The van der Waals surface area contributed by atoms with Crippen LogP contribution in [0.2, 0.25) is 0 Å². The van der Waals surface area contributed by atoms with Crippen molar-refractivity contribution >= 4 is 5.78 Å². The maximum Gasteiger partial charge on any atom is 0.248 e. The van der Waals surface area contributed by atoms with Crippen LogP contribution < -0.4 is 23.7 Å². The Labute approximate surface area is 267 Å². The Morgan fingerprint density at radius 2 is 1.61 bits per heavy atom. The average Bonchev–Trinajstić information content (AvgIpc) is 3.54. The predicted octanol–water partition coefficient (Wildman–Crippen LogP) is 5.16. The van der Waals surface area contributed by atoms with Gasteiger partial charge in [-0.05, 0) is 110 Å². The summed E-state index contributed by atoms with van der Waals surface area (Å²) in [6.07, 6.45) is 5.00. The largest absolute Gasteiger partial charge is 0.493 e. The van der Waals surface area contributed by atoms with Crippen LogP contribution in [0.1, 0.15) is 34.7 Å². The summed E-state index contributed by atoms with van der Waals surface area (Å²) in [7, 11) is 5.83. The number of ether oxygens (including phenoxy) is 6. The van der Waals surface area contributed by atoms with Crippen molar-refractivity contribution in [2.75, 3.05) is 47.7 Å². The number of ketones is 1. The number of hydrogen-bond acceptors (Lipinski definition) is 9. The Morgan fingerprint density at radius 3 is 2.46 bits per heavy atom. The minimum Gasteiger partial charge on any atom is -0.493 e. The molecule has 1 spiro atoms. The van der Waals surface area contributed by atoms with Gasteiger partial charge >= 0.3 is 0 Å². The number of fused-ring (bicyclic) bond motifs is 3. The van der Waals surface area contributed by atoms with Gasteiger partial charge in [0.25, 0.3) is 0 Å². The molecule has 3 aromatic carbocycles. The second-order valence-corrected chi connectivity index (χ2v) is 13.2. The lowest BCUT2D eigenvalue weighted by Gasteiger charge is -2.48. The van der Waals surface area contributed by atoms with Crippen molar-refractivity contribution in [1.29, 1.82) is 0 Å². The molecule has 3 aromatic rings. The Hall–Kier alpha value is -4.47. The molecule has 6 heterocycles. The number of benzene rings is 3. The molecule has 0 aromatic heterocycles. The summed E-state index contributed by atoms with van der Waals surface area (Å²) in [5.41, 5.74) is 5.30. The van der Waals surface area contributed by atoms with Gasteiger partial charge in [0, 0.05) is 30.7 Å². The topological polar surface area (TPSA) is 78.9 Å². The fraction of sp³-hybridized carbons (Fsp3) is 0.378. The quantitative estimate of drug-likeness (QED) is 0.367. The molecule has 0 amide bonds. The maximum atomic E-state index is 14.5. The van der Waals surface area contributed by atoms with E-state index in [1.54, 1.807) is 7.11 Å². The fourth-order valence-electron chi connectivity index (χ4n) is 8.08. The van der Waals surface area contributed by atoms with Crippen molar-refractivity contribution < 1.29 is 33.2 Å². The SMILES string of the molecule is COC1=CC2=C3[C@@H](Cc4cc5c(c(c4)Oc4ccc(cc4)C[C@H]4c6cc7c(cc6CCN4C)OC[C@]3(O7)C1=O)OCO5)N(C)CC2. The summed E-state index contributed by atoms with van der Waals surface area (Å²) in [4.78, 5) is 19.2. The van der Waals surface area contributed by atoms with E-state index in [9.17, 15) is 4.79 Å². The van der Waals surface area contributed by atoms with Gasteiger partial charge in [0.2, 0.25) is 23.9 Å². The highest BCUT2D eigenvalue weighted by atomic mass is 16.7. The van der Waals surface area contributed by atoms with Crippen molar-refractivity contribution in [3.05, 3.63) is 93.8 Å². The number of carbonyl (C=O) groups excluding carboxylic acids is 1. The molecule has 6 aliphatic heterocycles. The first-order valence-electron chi connectivity index (χ1n) is 16.0. The van der Waals surface area contributed by atoms with Crippen molar-refractivity contribution in [2.45, 2.75) is 43.4 Å². The lowest BCUT2D eigenvalue weighted by Crippen LogP contribution is -2.61. The Balaban J connectivity index is 1.26. The third kappa shape index (κ3) is 4.18. The molecule has 1 aliphatic carbocycles. The number of hydrogen-bond donors (Lipinski definition) is 0. The van der Waals surface area contributed by atoms with Gasteiger partial charge in [-0.25, -0.2) is 0 Å². The van der Waals surface area contributed by atoms with Crippen LogP contribution in [0.3, 0.4) is 0 Å². The summed E-state index contributed by atoms with van der Waals surface area (Å²) in [6.45, 7) is 1.97. The summed E-state index contributed by atoms with van der Waals surface area (Å²) < 4.78 is 37.5. The number of likely N-dealkylation sites (N-methyl/N-ethyl adjacent to an activating group) is 2. The Kier molecular flexibility index (Phi) is 6.21. The zero-order valence-corrected chi connectivity index (χ0v) is 26.3. The van der Waals surface area contributed by atoms with E-state index in [1.807, 2.05) is 30.3 Å². The third-order valence-corrected chi connectivity index (χ3v) is 10.5. The molecule has 10 rings (SSSR count). The Morgan fingerprint density at radius 1 is 0.826 bits per heavy atom. The highest BCUT2D eigenvalue weighted by molar-refractivity contribution is 6.05. The first-order chi connectivity index (χ1) is 22.4. The normalized spacial score (nSPS) is 26.3. The van der Waals surface area contributed by atoms with Crippen LogP contribution in [-0.2, 0) is 28.8 Å². The van der Waals surface area contributed by atoms with E-state index in [2.05, 4.69) is 48.2 Å². The second-order valence-electron chi connectivity index (χ2n) is 13.2. The number of rotatable bonds is 1. The van der Waals surface area contributed by atoms with Crippen LogP contribution in [0.5, 0.6) is 34.5 Å². The molecular weight excluding hydrogens is 584 g/mol. The molecule has 236 valence electrons. The average molecular weight is 621 g/mol. The summed E-state index contributed by atoms with van der Waals surface area (Å²) in [5.74, 6) is 3.97. The molecule has 7 aliphatic rings. The highest BCUT2D eigenvalue weighted by Crippen LogP contribution is 2.50. The van der Waals surface area contributed by atoms with Gasteiger partial charge in [-0.1, -0.05) is 12.1 Å². The van der Waals surface area contributed by atoms with E-state index in [1.165, 1.54) is 16.7 Å². The lowest BCUT2D eigenvalue weighted by atomic mass is 9.72. The monoisotopic (exact) mass is 620 g/mol. The van der Waals surface area contributed by atoms with E-state index in [0.29, 0.717) is 40.9 Å². The maximum absolute atomic E-state index is 14.5. The second kappa shape index (κ2) is 10.3. The molecule has 7 bridgehead atoms. The number of methoxy groups -OCH3 is 1. The van der Waals surface area contributed by atoms with E-state index in [0.717, 1.165) is 54.8 Å². The summed E-state index contributed by atoms with van der Waals surface area (Å²) >= 11 is 0. The minimum absolute atomic E-state index is 0.0756. The van der Waals surface area contributed by atoms with Crippen LogP contribution in [0.15, 0.2) is 71.5 Å². The first kappa shape index (κ1) is 27.8. The minimum atomic E-state index is -1.36. The van der Waals surface area contributed by atoms with E-state index >= 15 is 0 Å². The fourth-order valence-corrected chi connectivity index (χ4v) is 8.08. The zero-order valence-electron chi connectivity index (χ0n) is 26.3.